The number of aliphatic carboxylic acids is 2. The van der Waals surface area contributed by atoms with Crippen LogP contribution in [0, 0.1) is 11.8 Å². The molecule has 2 aromatic rings. The molecule has 7 atom stereocenters. The number of H-pyrrole nitrogens is 1. The molecule has 0 saturated heterocycles. The Balaban J connectivity index is 2.43. The van der Waals surface area contributed by atoms with E-state index in [4.69, 9.17) is 17.2 Å². The van der Waals surface area contributed by atoms with Crippen molar-refractivity contribution in [3.05, 3.63) is 36.0 Å². The van der Waals surface area contributed by atoms with Crippen LogP contribution in [0.25, 0.3) is 10.9 Å². The maximum absolute atomic E-state index is 14.0. The van der Waals surface area contributed by atoms with Crippen molar-refractivity contribution in [2.24, 2.45) is 29.0 Å². The molecule has 14 N–H and O–H groups in total. The van der Waals surface area contributed by atoms with Crippen molar-refractivity contribution in [2.75, 3.05) is 13.1 Å². The Morgan fingerprint density at radius 3 is 1.66 bits per heavy atom. The molecule has 324 valence electrons. The zero-order valence-electron chi connectivity index (χ0n) is 34.2. The summed E-state index contributed by atoms with van der Waals surface area (Å²) in [6.07, 6.45) is 3.70. The number of carboxylic acids is 2. The molecule has 5 amide bonds. The summed E-state index contributed by atoms with van der Waals surface area (Å²) in [6, 6.07) is 0.0150. The first kappa shape index (κ1) is 49.1. The lowest BCUT2D eigenvalue weighted by atomic mass is 9.98. The number of aromatic nitrogens is 1. The van der Waals surface area contributed by atoms with E-state index in [1.165, 1.54) is 0 Å². The molecule has 0 aliphatic carbocycles. The Bertz CT molecular complexity index is 1670. The van der Waals surface area contributed by atoms with Crippen LogP contribution in [0.1, 0.15) is 97.5 Å². The van der Waals surface area contributed by atoms with E-state index in [2.05, 4.69) is 31.6 Å². The monoisotopic (exact) mass is 815 g/mol. The summed E-state index contributed by atoms with van der Waals surface area (Å²) in [4.78, 5) is 95.4. The van der Waals surface area contributed by atoms with Crippen molar-refractivity contribution < 1.29 is 43.8 Å². The number of hydrogen-bond acceptors (Lipinski definition) is 10. The van der Waals surface area contributed by atoms with Gasteiger partial charge in [-0.15, -0.1) is 0 Å². The molecular formula is C40H65N9O9. The largest absolute Gasteiger partial charge is 0.481 e. The number of fused-ring (bicyclic) bond motifs is 1. The average Bonchev–Trinajstić information content (AvgIpc) is 3.59. The zero-order chi connectivity index (χ0) is 43.4. The number of nitrogens with two attached hydrogens (primary N) is 3. The fourth-order valence-electron chi connectivity index (χ4n) is 6.35. The Morgan fingerprint density at radius 1 is 0.672 bits per heavy atom. The fraction of sp³-hybridized carbons (Fsp3) is 0.625. The fourth-order valence-corrected chi connectivity index (χ4v) is 6.35. The number of hydrogen-bond donors (Lipinski definition) is 11. The third kappa shape index (κ3) is 16.4. The number of benzene rings is 1. The van der Waals surface area contributed by atoms with Crippen molar-refractivity contribution in [3.8, 4) is 0 Å². The van der Waals surface area contributed by atoms with Crippen LogP contribution < -0.4 is 43.8 Å². The number of nitrogens with one attached hydrogen (secondary N) is 6. The summed E-state index contributed by atoms with van der Waals surface area (Å²) in [5.74, 6) is -6.45. The van der Waals surface area contributed by atoms with Crippen molar-refractivity contribution in [1.29, 1.82) is 0 Å². The molecular weight excluding hydrogens is 750 g/mol. The first-order valence-corrected chi connectivity index (χ1v) is 20.2. The number of para-hydroxylation sites is 1. The number of aromatic amines is 1. The van der Waals surface area contributed by atoms with E-state index >= 15 is 0 Å². The number of rotatable bonds is 28. The number of carbonyl (C=O) groups is 7. The minimum absolute atomic E-state index is 0.0784. The third-order valence-electron chi connectivity index (χ3n) is 10.1. The number of carboxylic acid groups (broad SMARTS) is 2. The van der Waals surface area contributed by atoms with Gasteiger partial charge in [-0.3, -0.25) is 28.8 Å². The molecule has 0 spiro atoms. The molecule has 18 nitrogen and oxygen atoms in total. The summed E-state index contributed by atoms with van der Waals surface area (Å²) < 4.78 is 0. The highest BCUT2D eigenvalue weighted by molar-refractivity contribution is 5.97. The Kier molecular flexibility index (Phi) is 21.4. The van der Waals surface area contributed by atoms with Gasteiger partial charge in [0.15, 0.2) is 0 Å². The SMILES string of the molecule is CC[C@H](C)[C@H](N)C(=O)N[C@@H](CCCCN)C(=O)N[C@@H](CCCCN)C(=O)N[C@@H](CCC(=O)O)C(=O)N[C@@H](Cc1c[nH]c2ccccc12)C(=O)N[C@@H](CC(C)C)C(=O)O. The first-order chi connectivity index (χ1) is 27.5. The summed E-state index contributed by atoms with van der Waals surface area (Å²) in [7, 11) is 0. The standard InChI is InChI=1S/C40H65N9O9/c1-5-24(4)34(43)39(56)47-29(15-9-11-19-42)36(53)45-28(14-8-10-18-41)35(52)46-30(16-17-33(50)51)37(54)48-31(38(55)49-32(40(57)58)20-23(2)3)21-25-22-44-27-13-7-6-12-26(25)27/h6-7,12-13,22-24,28-32,34,44H,5,8-11,14-21,41-43H2,1-4H3,(H,45,53)(H,46,52)(H,47,56)(H,48,54)(H,49,55)(H,50,51)(H,57,58)/t24-,28-,29-,30-,31-,32-,34-/m0/s1. The van der Waals surface area contributed by atoms with Crippen LogP contribution in [0.3, 0.4) is 0 Å². The minimum Gasteiger partial charge on any atom is -0.481 e. The van der Waals surface area contributed by atoms with Crippen LogP contribution >= 0.6 is 0 Å². The summed E-state index contributed by atoms with van der Waals surface area (Å²) in [5, 5.41) is 33.3. The van der Waals surface area contributed by atoms with Gasteiger partial charge in [0, 0.05) is 29.9 Å². The molecule has 0 radical (unpaired) electrons. The van der Waals surface area contributed by atoms with Gasteiger partial charge in [-0.05, 0) is 87.9 Å². The second-order valence-electron chi connectivity index (χ2n) is 15.2. The zero-order valence-corrected chi connectivity index (χ0v) is 34.2. The van der Waals surface area contributed by atoms with Crippen LogP contribution in [0.2, 0.25) is 0 Å². The van der Waals surface area contributed by atoms with Gasteiger partial charge in [0.25, 0.3) is 0 Å². The van der Waals surface area contributed by atoms with E-state index in [0.29, 0.717) is 50.8 Å². The predicted molar refractivity (Wildman–Crippen MR) is 219 cm³/mol. The second kappa shape index (κ2) is 25.3. The van der Waals surface area contributed by atoms with Crippen molar-refractivity contribution >= 4 is 52.4 Å². The number of unbranched alkanes of at least 4 members (excludes halogenated alkanes) is 2. The van der Waals surface area contributed by atoms with Crippen LogP contribution in [0.15, 0.2) is 30.5 Å². The van der Waals surface area contributed by atoms with Crippen LogP contribution in [0.5, 0.6) is 0 Å². The highest BCUT2D eigenvalue weighted by Crippen LogP contribution is 2.20. The molecule has 18 heteroatoms. The maximum atomic E-state index is 14.0. The molecule has 0 unspecified atom stereocenters. The van der Waals surface area contributed by atoms with Crippen LogP contribution in [-0.4, -0.2) is 106 Å². The number of carbonyl (C=O) groups excluding carboxylic acids is 5. The summed E-state index contributed by atoms with van der Waals surface area (Å²) in [5.41, 5.74) is 18.9. The van der Waals surface area contributed by atoms with Gasteiger partial charge < -0.3 is 59.0 Å². The molecule has 58 heavy (non-hydrogen) atoms. The van der Waals surface area contributed by atoms with E-state index in [1.54, 1.807) is 26.1 Å². The van der Waals surface area contributed by atoms with E-state index in [1.807, 2.05) is 32.0 Å². The van der Waals surface area contributed by atoms with Crippen molar-refractivity contribution in [2.45, 2.75) is 135 Å². The predicted octanol–water partition coefficient (Wildman–Crippen LogP) is 0.761. The molecule has 0 aliphatic heterocycles. The molecule has 2 rings (SSSR count). The molecule has 1 heterocycles. The topological polar surface area (TPSA) is 314 Å². The van der Waals surface area contributed by atoms with E-state index in [-0.39, 0.29) is 43.9 Å². The van der Waals surface area contributed by atoms with Gasteiger partial charge in [0.2, 0.25) is 29.5 Å². The normalized spacial score (nSPS) is 15.0. The molecule has 1 aromatic heterocycles. The Labute approximate surface area is 339 Å². The minimum atomic E-state index is -1.49. The van der Waals surface area contributed by atoms with Gasteiger partial charge in [-0.2, -0.15) is 0 Å². The van der Waals surface area contributed by atoms with Gasteiger partial charge in [-0.25, -0.2) is 4.79 Å². The van der Waals surface area contributed by atoms with Crippen molar-refractivity contribution in [3.63, 3.8) is 0 Å². The average molecular weight is 816 g/mol. The van der Waals surface area contributed by atoms with Crippen molar-refractivity contribution in [1.82, 2.24) is 31.6 Å². The third-order valence-corrected chi connectivity index (χ3v) is 10.1. The second-order valence-corrected chi connectivity index (χ2v) is 15.2. The van der Waals surface area contributed by atoms with Gasteiger partial charge in [0.1, 0.15) is 30.2 Å². The molecule has 0 saturated carbocycles. The smallest absolute Gasteiger partial charge is 0.326 e. The number of amides is 5. The van der Waals surface area contributed by atoms with Gasteiger partial charge in [0.05, 0.1) is 6.04 Å². The lowest BCUT2D eigenvalue weighted by molar-refractivity contribution is -0.142. The van der Waals surface area contributed by atoms with Gasteiger partial charge >= 0.3 is 11.9 Å². The lowest BCUT2D eigenvalue weighted by Crippen LogP contribution is -2.59. The molecule has 1 aromatic carbocycles. The van der Waals surface area contributed by atoms with E-state index < -0.39 is 84.1 Å². The van der Waals surface area contributed by atoms with Crippen LogP contribution in [-0.2, 0) is 40.0 Å². The maximum Gasteiger partial charge on any atom is 0.326 e. The van der Waals surface area contributed by atoms with E-state index in [0.717, 1.165) is 10.9 Å². The summed E-state index contributed by atoms with van der Waals surface area (Å²) >= 11 is 0. The van der Waals surface area contributed by atoms with E-state index in [9.17, 15) is 43.8 Å². The molecule has 0 fully saturated rings. The molecule has 0 aliphatic rings. The van der Waals surface area contributed by atoms with Crippen LogP contribution in [0.4, 0.5) is 0 Å². The molecule has 0 bridgehead atoms. The highest BCUT2D eigenvalue weighted by atomic mass is 16.4. The highest BCUT2D eigenvalue weighted by Gasteiger charge is 2.34. The lowest BCUT2D eigenvalue weighted by Gasteiger charge is -2.27. The first-order valence-electron chi connectivity index (χ1n) is 20.2. The summed E-state index contributed by atoms with van der Waals surface area (Å²) in [6.45, 7) is 7.97. The quantitative estimate of drug-likeness (QED) is 0.0531. The Morgan fingerprint density at radius 2 is 1.16 bits per heavy atom. The van der Waals surface area contributed by atoms with Gasteiger partial charge in [-0.1, -0.05) is 52.3 Å². The Hall–Kier alpha value is -5.07.